The van der Waals surface area contributed by atoms with Crippen molar-refractivity contribution < 1.29 is 9.84 Å². The average Bonchev–Trinajstić information content (AvgIpc) is 2.70. The van der Waals surface area contributed by atoms with E-state index in [0.29, 0.717) is 0 Å². The molecule has 2 aromatic carbocycles. The first-order valence-electron chi connectivity index (χ1n) is 6.24. The van der Waals surface area contributed by atoms with E-state index in [4.69, 9.17) is 4.74 Å². The molecule has 0 saturated heterocycles. The third kappa shape index (κ3) is 1.89. The third-order valence-corrected chi connectivity index (χ3v) is 3.52. The van der Waals surface area contributed by atoms with Gasteiger partial charge in [-0.25, -0.2) is 0 Å². The van der Waals surface area contributed by atoms with E-state index in [2.05, 4.69) is 6.07 Å². The maximum atomic E-state index is 10.3. The van der Waals surface area contributed by atoms with E-state index >= 15 is 0 Å². The van der Waals surface area contributed by atoms with Gasteiger partial charge in [-0.2, -0.15) is 0 Å². The molecule has 0 bridgehead atoms. The van der Waals surface area contributed by atoms with Crippen LogP contribution in [0.5, 0.6) is 5.75 Å². The Hall–Kier alpha value is -1.80. The Morgan fingerprint density at radius 2 is 1.78 bits per heavy atom. The normalized spacial score (nSPS) is 21.7. The van der Waals surface area contributed by atoms with Crippen molar-refractivity contribution in [3.63, 3.8) is 0 Å². The Morgan fingerprint density at radius 3 is 2.56 bits per heavy atom. The Labute approximate surface area is 107 Å². The summed E-state index contributed by atoms with van der Waals surface area (Å²) in [5.41, 5.74) is 3.28. The Balaban J connectivity index is 1.83. The van der Waals surface area contributed by atoms with Crippen molar-refractivity contribution in [1.82, 2.24) is 0 Å². The average molecular weight is 240 g/mol. The van der Waals surface area contributed by atoms with E-state index < -0.39 is 6.10 Å². The molecule has 2 unspecified atom stereocenters. The van der Waals surface area contributed by atoms with Crippen molar-refractivity contribution in [2.75, 3.05) is 0 Å². The van der Waals surface area contributed by atoms with Crippen LogP contribution in [-0.2, 0) is 6.42 Å². The van der Waals surface area contributed by atoms with Gasteiger partial charge in [0, 0.05) is 6.42 Å². The van der Waals surface area contributed by atoms with E-state index in [1.165, 1.54) is 5.56 Å². The Kier molecular flexibility index (Phi) is 2.80. The molecule has 0 radical (unpaired) electrons. The number of hydrogen-bond donors (Lipinski definition) is 1. The molecule has 2 atom stereocenters. The predicted octanol–water partition coefficient (Wildman–Crippen LogP) is 3.03. The van der Waals surface area contributed by atoms with Crippen LogP contribution in [0, 0.1) is 6.92 Å². The number of para-hydroxylation sites is 1. The molecule has 1 aliphatic rings. The largest absolute Gasteiger partial charge is 0.487 e. The van der Waals surface area contributed by atoms with Crippen LogP contribution in [0.1, 0.15) is 22.8 Å². The Bertz CT molecular complexity index is 563. The van der Waals surface area contributed by atoms with Gasteiger partial charge in [0.05, 0.1) is 0 Å². The van der Waals surface area contributed by atoms with Crippen LogP contribution in [-0.4, -0.2) is 11.2 Å². The molecule has 1 N–H and O–H groups in total. The molecule has 2 nitrogen and oxygen atoms in total. The highest BCUT2D eigenvalue weighted by Gasteiger charge is 2.32. The lowest BCUT2D eigenvalue weighted by Gasteiger charge is -2.18. The van der Waals surface area contributed by atoms with Crippen LogP contribution < -0.4 is 4.74 Å². The van der Waals surface area contributed by atoms with Gasteiger partial charge in [0.15, 0.2) is 0 Å². The monoisotopic (exact) mass is 240 g/mol. The Morgan fingerprint density at radius 1 is 1.06 bits per heavy atom. The molecule has 0 fully saturated rings. The third-order valence-electron chi connectivity index (χ3n) is 3.52. The van der Waals surface area contributed by atoms with Gasteiger partial charge in [-0.05, 0) is 29.7 Å². The summed E-state index contributed by atoms with van der Waals surface area (Å²) < 4.78 is 5.95. The van der Waals surface area contributed by atoms with Gasteiger partial charge in [0.1, 0.15) is 18.0 Å². The maximum Gasteiger partial charge on any atom is 0.133 e. The van der Waals surface area contributed by atoms with Crippen LogP contribution in [0.4, 0.5) is 0 Å². The minimum absolute atomic E-state index is 0.177. The molecule has 2 aromatic rings. The van der Waals surface area contributed by atoms with Crippen LogP contribution in [0.25, 0.3) is 0 Å². The highest BCUT2D eigenvalue weighted by Crippen LogP contribution is 2.34. The zero-order valence-electron chi connectivity index (χ0n) is 10.3. The molecule has 2 heteroatoms. The standard InChI is InChI=1S/C16H16O2/c1-11-6-2-5-9-14(11)18-15-10-12-7-3-4-8-13(12)16(15)17/h2-9,15-17H,10H2,1H3. The van der Waals surface area contributed by atoms with Crippen molar-refractivity contribution in [3.05, 3.63) is 65.2 Å². The number of aliphatic hydroxyl groups is 1. The smallest absolute Gasteiger partial charge is 0.133 e. The predicted molar refractivity (Wildman–Crippen MR) is 70.7 cm³/mol. The van der Waals surface area contributed by atoms with Crippen LogP contribution in [0.3, 0.4) is 0 Å². The summed E-state index contributed by atoms with van der Waals surface area (Å²) in [5, 5.41) is 10.3. The van der Waals surface area contributed by atoms with E-state index in [1.807, 2.05) is 49.4 Å². The first-order chi connectivity index (χ1) is 8.75. The lowest BCUT2D eigenvalue weighted by Crippen LogP contribution is -2.21. The van der Waals surface area contributed by atoms with E-state index in [9.17, 15) is 5.11 Å². The second kappa shape index (κ2) is 4.46. The number of fused-ring (bicyclic) bond motifs is 1. The molecule has 0 amide bonds. The summed E-state index contributed by atoms with van der Waals surface area (Å²) in [7, 11) is 0. The van der Waals surface area contributed by atoms with Crippen molar-refractivity contribution in [2.24, 2.45) is 0 Å². The van der Waals surface area contributed by atoms with E-state index in [0.717, 1.165) is 23.3 Å². The fourth-order valence-corrected chi connectivity index (χ4v) is 2.50. The van der Waals surface area contributed by atoms with Gasteiger partial charge >= 0.3 is 0 Å². The lowest BCUT2D eigenvalue weighted by molar-refractivity contribution is 0.0489. The summed E-state index contributed by atoms with van der Waals surface area (Å²) in [5.74, 6) is 0.856. The van der Waals surface area contributed by atoms with Crippen LogP contribution in [0.15, 0.2) is 48.5 Å². The van der Waals surface area contributed by atoms with Crippen molar-refractivity contribution in [2.45, 2.75) is 25.6 Å². The van der Waals surface area contributed by atoms with Gasteiger partial charge in [-0.1, -0.05) is 42.5 Å². The van der Waals surface area contributed by atoms with Crippen molar-refractivity contribution >= 4 is 0 Å². The van der Waals surface area contributed by atoms with Gasteiger partial charge in [-0.3, -0.25) is 0 Å². The number of benzene rings is 2. The summed E-state index contributed by atoms with van der Waals surface area (Å²) in [6.07, 6.45) is 0.0652. The summed E-state index contributed by atoms with van der Waals surface area (Å²) in [6, 6.07) is 15.9. The quantitative estimate of drug-likeness (QED) is 0.874. The minimum Gasteiger partial charge on any atom is -0.487 e. The van der Waals surface area contributed by atoms with Gasteiger partial charge in [-0.15, -0.1) is 0 Å². The molecular weight excluding hydrogens is 224 g/mol. The van der Waals surface area contributed by atoms with Crippen molar-refractivity contribution in [1.29, 1.82) is 0 Å². The number of aliphatic hydroxyl groups excluding tert-OH is 1. The minimum atomic E-state index is -0.527. The highest BCUT2D eigenvalue weighted by atomic mass is 16.5. The summed E-state index contributed by atoms with van der Waals surface area (Å²) >= 11 is 0. The van der Waals surface area contributed by atoms with Gasteiger partial charge in [0.25, 0.3) is 0 Å². The zero-order valence-corrected chi connectivity index (χ0v) is 10.3. The van der Waals surface area contributed by atoms with E-state index in [1.54, 1.807) is 0 Å². The number of ether oxygens (including phenoxy) is 1. The summed E-state index contributed by atoms with van der Waals surface area (Å²) in [6.45, 7) is 2.02. The van der Waals surface area contributed by atoms with E-state index in [-0.39, 0.29) is 6.10 Å². The highest BCUT2D eigenvalue weighted by molar-refractivity contribution is 5.37. The number of rotatable bonds is 2. The second-order valence-corrected chi connectivity index (χ2v) is 4.77. The molecule has 0 spiro atoms. The van der Waals surface area contributed by atoms with Crippen LogP contribution >= 0.6 is 0 Å². The topological polar surface area (TPSA) is 29.5 Å². The lowest BCUT2D eigenvalue weighted by atomic mass is 10.1. The number of hydrogen-bond acceptors (Lipinski definition) is 2. The molecular formula is C16H16O2. The van der Waals surface area contributed by atoms with Crippen molar-refractivity contribution in [3.8, 4) is 5.75 Å². The first-order valence-corrected chi connectivity index (χ1v) is 6.24. The maximum absolute atomic E-state index is 10.3. The fraction of sp³-hybridized carbons (Fsp3) is 0.250. The molecule has 0 saturated carbocycles. The fourth-order valence-electron chi connectivity index (χ4n) is 2.50. The molecule has 0 aliphatic heterocycles. The first kappa shape index (κ1) is 11.3. The van der Waals surface area contributed by atoms with Crippen LogP contribution in [0.2, 0.25) is 0 Å². The molecule has 0 aromatic heterocycles. The molecule has 18 heavy (non-hydrogen) atoms. The second-order valence-electron chi connectivity index (χ2n) is 4.77. The SMILES string of the molecule is Cc1ccccc1OC1Cc2ccccc2C1O. The molecule has 3 rings (SSSR count). The summed E-state index contributed by atoms with van der Waals surface area (Å²) in [4.78, 5) is 0. The van der Waals surface area contributed by atoms with Gasteiger partial charge in [0.2, 0.25) is 0 Å². The zero-order chi connectivity index (χ0) is 12.5. The number of aryl methyl sites for hydroxylation is 1. The molecule has 0 heterocycles. The molecule has 92 valence electrons. The van der Waals surface area contributed by atoms with Gasteiger partial charge < -0.3 is 9.84 Å². The molecule has 1 aliphatic carbocycles.